The molecule has 0 spiro atoms. The van der Waals surface area contributed by atoms with Gasteiger partial charge >= 0.3 is 40.5 Å². The van der Waals surface area contributed by atoms with Crippen LogP contribution in [0.4, 0.5) is 0 Å². The average Bonchev–Trinajstić information content (AvgIpc) is 1.69. The molecule has 0 saturated carbocycles. The van der Waals surface area contributed by atoms with Crippen LogP contribution >= 0.6 is 27.2 Å². The summed E-state index contributed by atoms with van der Waals surface area (Å²) in [5, 5.41) is 7.88. The second kappa shape index (κ2) is 15.6. The van der Waals surface area contributed by atoms with Crippen LogP contribution in [0.25, 0.3) is 0 Å². The molecule has 0 amide bonds. The van der Waals surface area contributed by atoms with Crippen LogP contribution in [-0.4, -0.2) is 11.7 Å². The standard InChI is InChI=1S/C3H8O.2BrH.Zn/c1-2-3-4;;;/h4H,2-3H2,1H3;2*1H;/q;;;+2/p-2. The SMILES string of the molecule is CCCO.[Br][Zn][Br]. The first-order valence-electron chi connectivity index (χ1n) is 2.06. The van der Waals surface area contributed by atoms with Crippen LogP contribution in [0, 0.1) is 0 Å². The topological polar surface area (TPSA) is 20.2 Å². The van der Waals surface area contributed by atoms with E-state index in [0.717, 1.165) is 6.42 Å². The maximum atomic E-state index is 7.88. The van der Waals surface area contributed by atoms with Gasteiger partial charge in [0.1, 0.15) is 0 Å². The molecule has 1 N–H and O–H groups in total. The van der Waals surface area contributed by atoms with Crippen LogP contribution in [0.1, 0.15) is 13.3 Å². The summed E-state index contributed by atoms with van der Waals surface area (Å²) < 4.78 is 0. The molecule has 0 bridgehead atoms. The summed E-state index contributed by atoms with van der Waals surface area (Å²) in [4.78, 5) is 0. The van der Waals surface area contributed by atoms with Crippen LogP contribution in [0.5, 0.6) is 0 Å². The van der Waals surface area contributed by atoms with Gasteiger partial charge in [0.2, 0.25) is 0 Å². The first-order chi connectivity index (χ1) is 3.33. The summed E-state index contributed by atoms with van der Waals surface area (Å²) in [5.74, 6) is 0. The molecule has 0 heterocycles. The Labute approximate surface area is 65.2 Å². The molecule has 0 aliphatic rings. The zero-order chi connectivity index (χ0) is 6.12. The summed E-state index contributed by atoms with van der Waals surface area (Å²) in [6, 6.07) is 0. The molecular weight excluding hydrogens is 277 g/mol. The first-order valence-corrected chi connectivity index (χ1v) is 16.0. The van der Waals surface area contributed by atoms with Gasteiger partial charge in [0.15, 0.2) is 0 Å². The molecule has 4 heteroatoms. The number of aliphatic hydroxyl groups is 1. The molecule has 0 saturated heterocycles. The van der Waals surface area contributed by atoms with Gasteiger partial charge in [-0.25, -0.2) is 0 Å². The Kier molecular flexibility index (Phi) is 25.4. The quantitative estimate of drug-likeness (QED) is 0.731. The van der Waals surface area contributed by atoms with Crippen molar-refractivity contribution in [2.75, 3.05) is 6.61 Å². The number of hydrogen-bond acceptors (Lipinski definition) is 1. The van der Waals surface area contributed by atoms with E-state index in [0.29, 0.717) is 6.61 Å². The van der Waals surface area contributed by atoms with Crippen LogP contribution in [0.15, 0.2) is 0 Å². The monoisotopic (exact) mass is 282 g/mol. The van der Waals surface area contributed by atoms with E-state index in [1.54, 1.807) is 0 Å². The van der Waals surface area contributed by atoms with Gasteiger partial charge < -0.3 is 5.11 Å². The predicted molar refractivity (Wildman–Crippen MR) is 35.2 cm³/mol. The van der Waals surface area contributed by atoms with Gasteiger partial charge in [0, 0.05) is 6.61 Å². The van der Waals surface area contributed by atoms with Crippen LogP contribution in [0.3, 0.4) is 0 Å². The van der Waals surface area contributed by atoms with Crippen LogP contribution in [-0.2, 0) is 13.2 Å². The maximum absolute atomic E-state index is 7.88. The van der Waals surface area contributed by atoms with E-state index >= 15 is 0 Å². The minimum absolute atomic E-state index is 0.250. The molecule has 42 valence electrons. The Morgan fingerprint density at radius 3 is 1.71 bits per heavy atom. The number of rotatable bonds is 1. The van der Waals surface area contributed by atoms with Gasteiger partial charge in [0.05, 0.1) is 0 Å². The second-order valence-electron chi connectivity index (χ2n) is 0.825. The van der Waals surface area contributed by atoms with Crippen molar-refractivity contribution in [3.8, 4) is 0 Å². The zero-order valence-electron chi connectivity index (χ0n) is 4.32. The summed E-state index contributed by atoms with van der Waals surface area (Å²) in [6.45, 7) is 2.25. The fourth-order valence-electron chi connectivity index (χ4n) is 0. The third kappa shape index (κ3) is 35.8. The molecule has 0 fully saturated rings. The van der Waals surface area contributed by atoms with Gasteiger partial charge in [-0.1, -0.05) is 6.92 Å². The molecule has 1 nitrogen and oxygen atoms in total. The molecule has 0 aliphatic carbocycles. The molecule has 7 heavy (non-hydrogen) atoms. The summed E-state index contributed by atoms with van der Waals surface area (Å²) in [7, 11) is 0. The first kappa shape index (κ1) is 11.4. The third-order valence-corrected chi connectivity index (χ3v) is 0.224. The summed E-state index contributed by atoms with van der Waals surface area (Å²) in [5.41, 5.74) is 0. The van der Waals surface area contributed by atoms with Gasteiger partial charge in [-0.2, -0.15) is 0 Å². The van der Waals surface area contributed by atoms with Gasteiger partial charge in [-0.15, -0.1) is 0 Å². The van der Waals surface area contributed by atoms with Gasteiger partial charge in [0.25, 0.3) is 0 Å². The Bertz CT molecular complexity index is 20.4. The van der Waals surface area contributed by atoms with Crippen molar-refractivity contribution in [1.29, 1.82) is 0 Å². The van der Waals surface area contributed by atoms with Crippen LogP contribution < -0.4 is 0 Å². The van der Waals surface area contributed by atoms with Crippen LogP contribution in [0.2, 0.25) is 0 Å². The predicted octanol–water partition coefficient (Wildman–Crippen LogP) is 2.08. The van der Waals surface area contributed by atoms with E-state index in [2.05, 4.69) is 27.2 Å². The van der Waals surface area contributed by atoms with Crippen molar-refractivity contribution >= 4 is 27.2 Å². The zero-order valence-corrected chi connectivity index (χ0v) is 10.5. The van der Waals surface area contributed by atoms with E-state index in [9.17, 15) is 0 Å². The van der Waals surface area contributed by atoms with Gasteiger partial charge in [-0.05, 0) is 6.42 Å². The van der Waals surface area contributed by atoms with Crippen molar-refractivity contribution in [2.24, 2.45) is 0 Å². The fourth-order valence-corrected chi connectivity index (χ4v) is 0. The van der Waals surface area contributed by atoms with Crippen molar-refractivity contribution in [1.82, 2.24) is 0 Å². The minimum atomic E-state index is -0.250. The Hall–Kier alpha value is 1.54. The Morgan fingerprint density at radius 2 is 1.71 bits per heavy atom. The second-order valence-corrected chi connectivity index (χ2v) is 14.9. The van der Waals surface area contributed by atoms with Crippen molar-refractivity contribution < 1.29 is 18.3 Å². The van der Waals surface area contributed by atoms with Gasteiger partial charge in [-0.3, -0.25) is 0 Å². The number of hydrogen-bond donors (Lipinski definition) is 1. The number of aliphatic hydroxyl groups excluding tert-OH is 1. The molecule has 0 atom stereocenters. The van der Waals surface area contributed by atoms with Crippen molar-refractivity contribution in [2.45, 2.75) is 13.3 Å². The van der Waals surface area contributed by atoms with E-state index in [-0.39, 0.29) is 13.2 Å². The normalized spacial score (nSPS) is 5.71. The van der Waals surface area contributed by atoms with E-state index < -0.39 is 0 Å². The van der Waals surface area contributed by atoms with Crippen molar-refractivity contribution in [3.05, 3.63) is 0 Å². The van der Waals surface area contributed by atoms with E-state index in [1.807, 2.05) is 6.92 Å². The molecule has 0 aromatic heterocycles. The Balaban J connectivity index is 0. The molecule has 0 radical (unpaired) electrons. The molecule has 0 aliphatic heterocycles. The van der Waals surface area contributed by atoms with Crippen molar-refractivity contribution in [3.63, 3.8) is 0 Å². The van der Waals surface area contributed by atoms with E-state index in [1.165, 1.54) is 0 Å². The van der Waals surface area contributed by atoms with E-state index in [4.69, 9.17) is 5.11 Å². The third-order valence-electron chi connectivity index (χ3n) is 0.224. The molecular formula is C3H8Br2OZn. The molecule has 0 unspecified atom stereocenters. The summed E-state index contributed by atoms with van der Waals surface area (Å²) >= 11 is 6.25. The average molecular weight is 285 g/mol. The Morgan fingerprint density at radius 1 is 1.57 bits per heavy atom. The molecule has 0 rings (SSSR count). The molecule has 0 aromatic carbocycles. The number of halogens is 2. The summed E-state index contributed by atoms with van der Waals surface area (Å²) in [6.07, 6.45) is 0.875. The fraction of sp³-hybridized carbons (Fsp3) is 1.00. The molecule has 0 aromatic rings.